The number of aliphatic hydroxyl groups is 1. The minimum Gasteiger partial charge on any atom is -0.389 e. The standard InChI is InChI=1S/C12H17NO2/c1-9(14)12-5-3-11(4-6-12)7-8-13-10(2)15/h3-6,9,14H,7-8H2,1-2H3,(H,13,15). The smallest absolute Gasteiger partial charge is 0.216 e. The number of aliphatic hydroxyl groups excluding tert-OH is 1. The van der Waals surface area contributed by atoms with Gasteiger partial charge in [0.25, 0.3) is 0 Å². The highest BCUT2D eigenvalue weighted by molar-refractivity contribution is 5.72. The van der Waals surface area contributed by atoms with Gasteiger partial charge in [-0.3, -0.25) is 4.79 Å². The van der Waals surface area contributed by atoms with E-state index in [1.54, 1.807) is 6.92 Å². The van der Waals surface area contributed by atoms with Crippen molar-refractivity contribution in [2.45, 2.75) is 26.4 Å². The van der Waals surface area contributed by atoms with E-state index in [2.05, 4.69) is 5.32 Å². The van der Waals surface area contributed by atoms with Crippen LogP contribution in [-0.4, -0.2) is 17.6 Å². The van der Waals surface area contributed by atoms with Gasteiger partial charge in [-0.25, -0.2) is 0 Å². The fourth-order valence-electron chi connectivity index (χ4n) is 1.35. The Hall–Kier alpha value is -1.35. The summed E-state index contributed by atoms with van der Waals surface area (Å²) in [6, 6.07) is 7.77. The second-order valence-electron chi connectivity index (χ2n) is 3.65. The zero-order chi connectivity index (χ0) is 11.3. The van der Waals surface area contributed by atoms with E-state index in [0.717, 1.165) is 17.5 Å². The molecule has 82 valence electrons. The number of nitrogens with one attached hydrogen (secondary N) is 1. The van der Waals surface area contributed by atoms with Gasteiger partial charge in [-0.05, 0) is 24.5 Å². The Morgan fingerprint density at radius 3 is 2.47 bits per heavy atom. The molecule has 0 aliphatic heterocycles. The van der Waals surface area contributed by atoms with E-state index in [-0.39, 0.29) is 5.91 Å². The van der Waals surface area contributed by atoms with E-state index in [4.69, 9.17) is 0 Å². The van der Waals surface area contributed by atoms with Crippen LogP contribution in [0, 0.1) is 0 Å². The molecule has 1 rings (SSSR count). The summed E-state index contributed by atoms with van der Waals surface area (Å²) in [7, 11) is 0. The normalized spacial score (nSPS) is 12.2. The van der Waals surface area contributed by atoms with Gasteiger partial charge in [-0.1, -0.05) is 24.3 Å². The van der Waals surface area contributed by atoms with Crippen LogP contribution in [0.3, 0.4) is 0 Å². The third-order valence-corrected chi connectivity index (χ3v) is 2.25. The second-order valence-corrected chi connectivity index (χ2v) is 3.65. The third kappa shape index (κ3) is 4.13. The molecule has 0 aliphatic carbocycles. The molecule has 0 saturated heterocycles. The molecule has 0 bridgehead atoms. The molecule has 0 fully saturated rings. The molecule has 2 N–H and O–H groups in total. The molecule has 1 aromatic rings. The molecule has 15 heavy (non-hydrogen) atoms. The van der Waals surface area contributed by atoms with Gasteiger partial charge >= 0.3 is 0 Å². The minimum absolute atomic E-state index is 0.00407. The van der Waals surface area contributed by atoms with Gasteiger partial charge in [-0.15, -0.1) is 0 Å². The first-order valence-corrected chi connectivity index (χ1v) is 5.11. The topological polar surface area (TPSA) is 49.3 Å². The first kappa shape index (κ1) is 11.7. The van der Waals surface area contributed by atoms with Crippen LogP contribution in [0.25, 0.3) is 0 Å². The number of benzene rings is 1. The predicted octanol–water partition coefficient (Wildman–Crippen LogP) is 1.42. The maximum absolute atomic E-state index is 10.6. The summed E-state index contributed by atoms with van der Waals surface area (Å²) in [4.78, 5) is 10.6. The van der Waals surface area contributed by atoms with Crippen molar-refractivity contribution in [3.63, 3.8) is 0 Å². The SMILES string of the molecule is CC(=O)NCCc1ccc(C(C)O)cc1. The molecule has 1 aromatic carbocycles. The van der Waals surface area contributed by atoms with E-state index >= 15 is 0 Å². The Labute approximate surface area is 90.1 Å². The summed E-state index contributed by atoms with van der Waals surface area (Å²) in [5, 5.41) is 12.0. The Kier molecular flexibility index (Phi) is 4.31. The highest BCUT2D eigenvalue weighted by atomic mass is 16.3. The molecular weight excluding hydrogens is 190 g/mol. The van der Waals surface area contributed by atoms with E-state index in [1.165, 1.54) is 6.92 Å². The largest absolute Gasteiger partial charge is 0.389 e. The zero-order valence-corrected chi connectivity index (χ0v) is 9.16. The minimum atomic E-state index is -0.422. The lowest BCUT2D eigenvalue weighted by molar-refractivity contribution is -0.118. The Balaban J connectivity index is 2.46. The van der Waals surface area contributed by atoms with Crippen molar-refractivity contribution >= 4 is 5.91 Å². The van der Waals surface area contributed by atoms with Crippen LogP contribution in [0.5, 0.6) is 0 Å². The van der Waals surface area contributed by atoms with Gasteiger partial charge in [0.1, 0.15) is 0 Å². The van der Waals surface area contributed by atoms with Gasteiger partial charge in [0, 0.05) is 13.5 Å². The van der Waals surface area contributed by atoms with Crippen LogP contribution >= 0.6 is 0 Å². The number of amides is 1. The van der Waals surface area contributed by atoms with Crippen LogP contribution in [-0.2, 0) is 11.2 Å². The van der Waals surface area contributed by atoms with Gasteiger partial charge in [0.2, 0.25) is 5.91 Å². The molecule has 0 heterocycles. The Morgan fingerprint density at radius 2 is 2.00 bits per heavy atom. The average Bonchev–Trinajstić information content (AvgIpc) is 2.18. The van der Waals surface area contributed by atoms with Gasteiger partial charge in [0.05, 0.1) is 6.10 Å². The number of hydrogen-bond acceptors (Lipinski definition) is 2. The molecule has 3 heteroatoms. The van der Waals surface area contributed by atoms with Gasteiger partial charge in [0.15, 0.2) is 0 Å². The lowest BCUT2D eigenvalue weighted by atomic mass is 10.1. The fraction of sp³-hybridized carbons (Fsp3) is 0.417. The number of hydrogen-bond donors (Lipinski definition) is 2. The van der Waals surface area contributed by atoms with Crippen LogP contribution < -0.4 is 5.32 Å². The summed E-state index contributed by atoms with van der Waals surface area (Å²) in [5.41, 5.74) is 2.08. The molecule has 0 aliphatic rings. The molecule has 3 nitrogen and oxygen atoms in total. The van der Waals surface area contributed by atoms with E-state index < -0.39 is 6.10 Å². The van der Waals surface area contributed by atoms with Crippen LogP contribution in [0.4, 0.5) is 0 Å². The van der Waals surface area contributed by atoms with Crippen molar-refractivity contribution in [3.05, 3.63) is 35.4 Å². The Morgan fingerprint density at radius 1 is 1.40 bits per heavy atom. The predicted molar refractivity (Wildman–Crippen MR) is 59.5 cm³/mol. The van der Waals surface area contributed by atoms with Gasteiger partial charge < -0.3 is 10.4 Å². The highest BCUT2D eigenvalue weighted by Crippen LogP contribution is 2.12. The quantitative estimate of drug-likeness (QED) is 0.784. The van der Waals surface area contributed by atoms with Crippen molar-refractivity contribution in [1.82, 2.24) is 5.32 Å². The maximum atomic E-state index is 10.6. The zero-order valence-electron chi connectivity index (χ0n) is 9.16. The lowest BCUT2D eigenvalue weighted by Crippen LogP contribution is -2.22. The molecule has 1 unspecified atom stereocenters. The van der Waals surface area contributed by atoms with E-state index in [1.807, 2.05) is 24.3 Å². The first-order valence-electron chi connectivity index (χ1n) is 5.11. The summed E-state index contributed by atoms with van der Waals surface area (Å²) >= 11 is 0. The van der Waals surface area contributed by atoms with Crippen LogP contribution in [0.15, 0.2) is 24.3 Å². The van der Waals surface area contributed by atoms with E-state index in [9.17, 15) is 9.90 Å². The van der Waals surface area contributed by atoms with Crippen molar-refractivity contribution in [2.24, 2.45) is 0 Å². The number of carbonyl (C=O) groups is 1. The first-order chi connectivity index (χ1) is 7.09. The van der Waals surface area contributed by atoms with Crippen molar-refractivity contribution in [2.75, 3.05) is 6.54 Å². The summed E-state index contributed by atoms with van der Waals surface area (Å²) in [5.74, 6) is -0.00407. The summed E-state index contributed by atoms with van der Waals surface area (Å²) in [6.07, 6.45) is 0.397. The fourth-order valence-corrected chi connectivity index (χ4v) is 1.35. The summed E-state index contributed by atoms with van der Waals surface area (Å²) in [6.45, 7) is 3.91. The molecule has 0 radical (unpaired) electrons. The molecule has 0 spiro atoms. The lowest BCUT2D eigenvalue weighted by Gasteiger charge is -2.06. The number of carbonyl (C=O) groups excluding carboxylic acids is 1. The Bertz CT molecular complexity index is 317. The monoisotopic (exact) mass is 207 g/mol. The van der Waals surface area contributed by atoms with Gasteiger partial charge in [-0.2, -0.15) is 0 Å². The van der Waals surface area contributed by atoms with Crippen LogP contribution in [0.2, 0.25) is 0 Å². The third-order valence-electron chi connectivity index (χ3n) is 2.25. The van der Waals surface area contributed by atoms with Crippen LogP contribution in [0.1, 0.15) is 31.1 Å². The highest BCUT2D eigenvalue weighted by Gasteiger charge is 2.00. The van der Waals surface area contributed by atoms with E-state index in [0.29, 0.717) is 6.54 Å². The average molecular weight is 207 g/mol. The molecule has 0 saturated carbocycles. The molecule has 1 amide bonds. The maximum Gasteiger partial charge on any atom is 0.216 e. The number of rotatable bonds is 4. The molecule has 0 aromatic heterocycles. The van der Waals surface area contributed by atoms with Crippen molar-refractivity contribution in [3.8, 4) is 0 Å². The summed E-state index contributed by atoms with van der Waals surface area (Å²) < 4.78 is 0. The molecule has 1 atom stereocenters. The van der Waals surface area contributed by atoms with Crippen molar-refractivity contribution < 1.29 is 9.90 Å². The second kappa shape index (κ2) is 5.51. The molecular formula is C12H17NO2. The van der Waals surface area contributed by atoms with Crippen molar-refractivity contribution in [1.29, 1.82) is 0 Å².